The van der Waals surface area contributed by atoms with Gasteiger partial charge < -0.3 is 9.47 Å². The minimum Gasteiger partial charge on any atom is -0.465 e. The molecule has 0 saturated heterocycles. The molecule has 2 aromatic rings. The summed E-state index contributed by atoms with van der Waals surface area (Å²) in [5.41, 5.74) is 2.49. The number of ether oxygens (including phenoxy) is 2. The van der Waals surface area contributed by atoms with Crippen LogP contribution in [0, 0.1) is 0 Å². The molecular weight excluding hydrogens is 290 g/mol. The zero-order valence-corrected chi connectivity index (χ0v) is 14.3. The number of aryl methyl sites for hydroxylation is 1. The molecule has 0 unspecified atom stereocenters. The molecule has 0 amide bonds. The van der Waals surface area contributed by atoms with Gasteiger partial charge in [0.15, 0.2) is 0 Å². The predicted octanol–water partition coefficient (Wildman–Crippen LogP) is 4.52. The Labute approximate surface area is 137 Å². The Morgan fingerprint density at radius 1 is 1.09 bits per heavy atom. The molecule has 1 aromatic heterocycles. The zero-order valence-electron chi connectivity index (χ0n) is 14.3. The summed E-state index contributed by atoms with van der Waals surface area (Å²) in [6.07, 6.45) is 0.630. The number of hydrogen-bond acceptors (Lipinski definition) is 4. The summed E-state index contributed by atoms with van der Waals surface area (Å²) in [6.45, 7) is 8.45. The van der Waals surface area contributed by atoms with E-state index in [9.17, 15) is 4.79 Å². The minimum absolute atomic E-state index is 0.105. The van der Waals surface area contributed by atoms with E-state index in [0.29, 0.717) is 23.6 Å². The Morgan fingerprint density at radius 3 is 2.26 bits per heavy atom. The molecule has 0 fully saturated rings. The van der Waals surface area contributed by atoms with Crippen molar-refractivity contribution in [2.24, 2.45) is 0 Å². The van der Waals surface area contributed by atoms with Gasteiger partial charge in [0.1, 0.15) is 5.75 Å². The second-order valence-corrected chi connectivity index (χ2v) is 6.37. The number of methoxy groups -OCH3 is 1. The lowest BCUT2D eigenvalue weighted by Gasteiger charge is -2.19. The second-order valence-electron chi connectivity index (χ2n) is 6.37. The van der Waals surface area contributed by atoms with Gasteiger partial charge in [0.2, 0.25) is 5.88 Å². The molecule has 0 aliphatic carbocycles. The molecule has 2 rings (SSSR count). The highest BCUT2D eigenvalue weighted by Crippen LogP contribution is 2.26. The average Bonchev–Trinajstić information content (AvgIpc) is 2.53. The van der Waals surface area contributed by atoms with E-state index in [4.69, 9.17) is 9.47 Å². The summed E-state index contributed by atoms with van der Waals surface area (Å²) in [6, 6.07) is 11.3. The van der Waals surface area contributed by atoms with Crippen molar-refractivity contribution in [1.29, 1.82) is 0 Å². The predicted molar refractivity (Wildman–Crippen MR) is 90.2 cm³/mol. The average molecular weight is 313 g/mol. The van der Waals surface area contributed by atoms with Crippen molar-refractivity contribution in [2.45, 2.75) is 39.5 Å². The number of nitrogens with zero attached hydrogens (tertiary/aromatic N) is 1. The van der Waals surface area contributed by atoms with Crippen molar-refractivity contribution in [3.05, 3.63) is 53.2 Å². The van der Waals surface area contributed by atoms with Crippen LogP contribution in [0.25, 0.3) is 0 Å². The highest BCUT2D eigenvalue weighted by atomic mass is 16.5. The Balaban J connectivity index is 2.22. The fourth-order valence-corrected chi connectivity index (χ4v) is 2.25. The summed E-state index contributed by atoms with van der Waals surface area (Å²) in [5, 5.41) is 0. The lowest BCUT2D eigenvalue weighted by molar-refractivity contribution is 0.0599. The van der Waals surface area contributed by atoms with Gasteiger partial charge in [-0.25, -0.2) is 9.78 Å². The van der Waals surface area contributed by atoms with Gasteiger partial charge in [-0.1, -0.05) is 39.8 Å². The van der Waals surface area contributed by atoms with Crippen molar-refractivity contribution >= 4 is 5.97 Å². The van der Waals surface area contributed by atoms with Crippen LogP contribution >= 0.6 is 0 Å². The third kappa shape index (κ3) is 4.09. The van der Waals surface area contributed by atoms with Crippen LogP contribution in [0.2, 0.25) is 0 Å². The molecule has 4 nitrogen and oxygen atoms in total. The van der Waals surface area contributed by atoms with Gasteiger partial charge in [0.05, 0.1) is 18.4 Å². The number of pyridine rings is 1. The maximum absolute atomic E-state index is 11.7. The number of rotatable bonds is 4. The third-order valence-corrected chi connectivity index (χ3v) is 3.63. The summed E-state index contributed by atoms with van der Waals surface area (Å²) in [7, 11) is 1.36. The summed E-state index contributed by atoms with van der Waals surface area (Å²) < 4.78 is 10.6. The molecule has 0 aliphatic rings. The first kappa shape index (κ1) is 17.0. The number of aromatic nitrogens is 1. The molecule has 4 heteroatoms. The largest absolute Gasteiger partial charge is 0.465 e. The van der Waals surface area contributed by atoms with Crippen LogP contribution in [-0.2, 0) is 16.6 Å². The maximum atomic E-state index is 11.7. The topological polar surface area (TPSA) is 48.4 Å². The second kappa shape index (κ2) is 6.82. The van der Waals surface area contributed by atoms with E-state index in [2.05, 4.69) is 37.9 Å². The minimum atomic E-state index is -0.379. The van der Waals surface area contributed by atoms with Crippen LogP contribution in [0.15, 0.2) is 36.4 Å². The number of carbonyl (C=O) groups is 1. The molecule has 1 aromatic carbocycles. The molecule has 0 aliphatic heterocycles. The van der Waals surface area contributed by atoms with Crippen molar-refractivity contribution < 1.29 is 14.3 Å². The Kier molecular flexibility index (Phi) is 5.04. The van der Waals surface area contributed by atoms with Crippen molar-refractivity contribution in [2.75, 3.05) is 7.11 Å². The smallest absolute Gasteiger partial charge is 0.339 e. The first-order chi connectivity index (χ1) is 10.8. The molecule has 122 valence electrons. The Hall–Kier alpha value is -2.36. The van der Waals surface area contributed by atoms with Crippen molar-refractivity contribution in [1.82, 2.24) is 4.98 Å². The van der Waals surface area contributed by atoms with Crippen LogP contribution in [0.1, 0.15) is 49.3 Å². The first-order valence-electron chi connectivity index (χ1n) is 7.71. The molecule has 0 saturated carbocycles. The zero-order chi connectivity index (χ0) is 17.0. The number of carbonyl (C=O) groups excluding carboxylic acids is 1. The van der Waals surface area contributed by atoms with Gasteiger partial charge in [0, 0.05) is 6.07 Å². The summed E-state index contributed by atoms with van der Waals surface area (Å²) >= 11 is 0. The van der Waals surface area contributed by atoms with Gasteiger partial charge in [-0.3, -0.25) is 0 Å². The monoisotopic (exact) mass is 313 g/mol. The molecule has 0 N–H and O–H groups in total. The van der Waals surface area contributed by atoms with Gasteiger partial charge in [0.25, 0.3) is 0 Å². The van der Waals surface area contributed by atoms with Gasteiger partial charge in [-0.05, 0) is 35.6 Å². The molecule has 0 bridgehead atoms. The standard InChI is InChI=1S/C19H23NO3/c1-6-16-15(18(21)22-5)11-12-17(20-16)23-14-9-7-13(8-10-14)19(2,3)4/h7-12H,6H2,1-5H3. The van der Waals surface area contributed by atoms with Crippen LogP contribution in [0.3, 0.4) is 0 Å². The maximum Gasteiger partial charge on any atom is 0.339 e. The molecular formula is C19H23NO3. The highest BCUT2D eigenvalue weighted by Gasteiger charge is 2.15. The lowest BCUT2D eigenvalue weighted by Crippen LogP contribution is -2.10. The van der Waals surface area contributed by atoms with Crippen LogP contribution in [0.4, 0.5) is 0 Å². The lowest BCUT2D eigenvalue weighted by atomic mass is 9.87. The van der Waals surface area contributed by atoms with Gasteiger partial charge >= 0.3 is 5.97 Å². The number of esters is 1. The van der Waals surface area contributed by atoms with Crippen LogP contribution in [-0.4, -0.2) is 18.1 Å². The van der Waals surface area contributed by atoms with Crippen LogP contribution in [0.5, 0.6) is 11.6 Å². The summed E-state index contributed by atoms with van der Waals surface area (Å²) in [5.74, 6) is 0.812. The summed E-state index contributed by atoms with van der Waals surface area (Å²) in [4.78, 5) is 16.1. The van der Waals surface area contributed by atoms with Gasteiger partial charge in [-0.15, -0.1) is 0 Å². The van der Waals surface area contributed by atoms with E-state index >= 15 is 0 Å². The van der Waals surface area contributed by atoms with E-state index in [1.54, 1.807) is 12.1 Å². The number of benzene rings is 1. The highest BCUT2D eigenvalue weighted by molar-refractivity contribution is 5.90. The third-order valence-electron chi connectivity index (χ3n) is 3.63. The first-order valence-corrected chi connectivity index (χ1v) is 7.71. The molecule has 23 heavy (non-hydrogen) atoms. The Morgan fingerprint density at radius 2 is 1.74 bits per heavy atom. The molecule has 0 atom stereocenters. The van der Waals surface area contributed by atoms with E-state index < -0.39 is 0 Å². The van der Waals surface area contributed by atoms with E-state index in [1.807, 2.05) is 19.1 Å². The normalized spacial score (nSPS) is 11.2. The molecule has 1 heterocycles. The van der Waals surface area contributed by atoms with Crippen molar-refractivity contribution in [3.8, 4) is 11.6 Å². The van der Waals surface area contributed by atoms with Gasteiger partial charge in [-0.2, -0.15) is 0 Å². The molecule has 0 spiro atoms. The van der Waals surface area contributed by atoms with Crippen molar-refractivity contribution in [3.63, 3.8) is 0 Å². The SMILES string of the molecule is CCc1nc(Oc2ccc(C(C)(C)C)cc2)ccc1C(=O)OC. The Bertz CT molecular complexity index is 685. The quantitative estimate of drug-likeness (QED) is 0.779. The van der Waals surface area contributed by atoms with E-state index in [0.717, 1.165) is 5.75 Å². The van der Waals surface area contributed by atoms with Crippen LogP contribution < -0.4 is 4.74 Å². The fraction of sp³-hybridized carbons (Fsp3) is 0.368. The van der Waals surface area contributed by atoms with E-state index in [-0.39, 0.29) is 11.4 Å². The fourth-order valence-electron chi connectivity index (χ4n) is 2.25. The van der Waals surface area contributed by atoms with E-state index in [1.165, 1.54) is 12.7 Å². The molecule has 0 radical (unpaired) electrons. The number of hydrogen-bond donors (Lipinski definition) is 0.